The Hall–Kier alpha value is -2.19. The van der Waals surface area contributed by atoms with Crippen LogP contribution < -0.4 is 0 Å². The van der Waals surface area contributed by atoms with Crippen LogP contribution >= 0.6 is 27.3 Å². The van der Waals surface area contributed by atoms with Crippen LogP contribution in [0, 0.1) is 0 Å². The molecule has 0 aromatic carbocycles. The SMILES string of the molecule is CC1c2cnc(-c3ncccn3)nc2CN1C(=O)c1cc(Br)cs1. The lowest BCUT2D eigenvalue weighted by Gasteiger charge is -2.20. The van der Waals surface area contributed by atoms with Crippen molar-refractivity contribution in [1.82, 2.24) is 24.8 Å². The van der Waals surface area contributed by atoms with Crippen molar-refractivity contribution in [1.29, 1.82) is 0 Å². The minimum atomic E-state index is -0.0564. The van der Waals surface area contributed by atoms with Crippen molar-refractivity contribution < 1.29 is 4.79 Å². The predicted molar refractivity (Wildman–Crippen MR) is 93.4 cm³/mol. The fourth-order valence-electron chi connectivity index (χ4n) is 2.70. The van der Waals surface area contributed by atoms with Gasteiger partial charge >= 0.3 is 0 Å². The molecule has 120 valence electrons. The minimum absolute atomic E-state index is 0.00807. The molecule has 0 fully saturated rings. The van der Waals surface area contributed by atoms with Gasteiger partial charge in [0.25, 0.3) is 5.91 Å². The van der Waals surface area contributed by atoms with Gasteiger partial charge in [-0.3, -0.25) is 4.79 Å². The summed E-state index contributed by atoms with van der Waals surface area (Å²) >= 11 is 4.82. The number of amides is 1. The number of nitrogens with zero attached hydrogens (tertiary/aromatic N) is 5. The molecule has 6 nitrogen and oxygen atoms in total. The average Bonchev–Trinajstić information content (AvgIpc) is 3.19. The molecule has 1 aliphatic heterocycles. The van der Waals surface area contributed by atoms with Crippen molar-refractivity contribution in [2.75, 3.05) is 0 Å². The zero-order valence-electron chi connectivity index (χ0n) is 12.7. The number of fused-ring (bicyclic) bond motifs is 1. The summed E-state index contributed by atoms with van der Waals surface area (Å²) in [6.07, 6.45) is 5.09. The summed E-state index contributed by atoms with van der Waals surface area (Å²) in [6, 6.07) is 3.54. The number of aromatic nitrogens is 4. The maximum Gasteiger partial charge on any atom is 0.264 e. The van der Waals surface area contributed by atoms with Gasteiger partial charge in [-0.05, 0) is 35.0 Å². The zero-order chi connectivity index (χ0) is 16.7. The van der Waals surface area contributed by atoms with E-state index in [2.05, 4.69) is 35.9 Å². The maximum atomic E-state index is 12.7. The zero-order valence-corrected chi connectivity index (χ0v) is 15.1. The van der Waals surface area contributed by atoms with Crippen LogP contribution in [0.1, 0.15) is 33.9 Å². The Kier molecular flexibility index (Phi) is 3.85. The van der Waals surface area contributed by atoms with Crippen molar-refractivity contribution in [2.24, 2.45) is 0 Å². The van der Waals surface area contributed by atoms with Crippen molar-refractivity contribution >= 4 is 33.2 Å². The normalized spacial score (nSPS) is 16.2. The molecule has 1 atom stereocenters. The Morgan fingerprint density at radius 1 is 1.29 bits per heavy atom. The summed E-state index contributed by atoms with van der Waals surface area (Å²) < 4.78 is 0.920. The maximum absolute atomic E-state index is 12.7. The van der Waals surface area contributed by atoms with E-state index >= 15 is 0 Å². The van der Waals surface area contributed by atoms with Crippen LogP contribution in [0.2, 0.25) is 0 Å². The van der Waals surface area contributed by atoms with Crippen LogP contribution in [0.15, 0.2) is 40.6 Å². The molecular formula is C16H12BrN5OS. The lowest BCUT2D eigenvalue weighted by atomic mass is 10.1. The monoisotopic (exact) mass is 401 g/mol. The number of carbonyl (C=O) groups is 1. The number of carbonyl (C=O) groups excluding carboxylic acids is 1. The molecule has 8 heteroatoms. The molecule has 0 bridgehead atoms. The topological polar surface area (TPSA) is 71.9 Å². The molecule has 1 aliphatic rings. The van der Waals surface area contributed by atoms with Crippen molar-refractivity contribution in [2.45, 2.75) is 19.5 Å². The van der Waals surface area contributed by atoms with E-state index < -0.39 is 0 Å². The van der Waals surface area contributed by atoms with Gasteiger partial charge in [-0.25, -0.2) is 19.9 Å². The molecule has 24 heavy (non-hydrogen) atoms. The molecule has 3 aromatic heterocycles. The van der Waals surface area contributed by atoms with Gasteiger partial charge in [0.2, 0.25) is 0 Å². The smallest absolute Gasteiger partial charge is 0.264 e. The van der Waals surface area contributed by atoms with Gasteiger partial charge in [-0.15, -0.1) is 11.3 Å². The highest BCUT2D eigenvalue weighted by molar-refractivity contribution is 9.10. The Bertz CT molecular complexity index is 914. The molecule has 0 radical (unpaired) electrons. The van der Waals surface area contributed by atoms with E-state index in [1.807, 2.05) is 23.3 Å². The van der Waals surface area contributed by atoms with Crippen LogP contribution in [0.4, 0.5) is 0 Å². The third-order valence-electron chi connectivity index (χ3n) is 3.94. The largest absolute Gasteiger partial charge is 0.325 e. The van der Waals surface area contributed by atoms with Gasteiger partial charge in [-0.1, -0.05) is 0 Å². The first-order valence-corrected chi connectivity index (χ1v) is 8.99. The standard InChI is InChI=1S/C16H12BrN5OS/c1-9-11-6-20-15(14-18-3-2-4-19-14)21-12(11)7-22(9)16(23)13-5-10(17)8-24-13/h2-6,8-9H,7H2,1H3. The quantitative estimate of drug-likeness (QED) is 0.657. The average molecular weight is 402 g/mol. The van der Waals surface area contributed by atoms with Crippen molar-refractivity contribution in [3.8, 4) is 11.6 Å². The van der Waals surface area contributed by atoms with Crippen LogP contribution in [0.5, 0.6) is 0 Å². The van der Waals surface area contributed by atoms with E-state index in [0.717, 1.165) is 15.7 Å². The first-order chi connectivity index (χ1) is 11.6. The molecule has 3 aromatic rings. The molecular weight excluding hydrogens is 390 g/mol. The molecule has 0 saturated carbocycles. The van der Waals surface area contributed by atoms with Crippen molar-refractivity contribution in [3.05, 3.63) is 56.7 Å². The van der Waals surface area contributed by atoms with Crippen LogP contribution in [0.3, 0.4) is 0 Å². The van der Waals surface area contributed by atoms with Gasteiger partial charge in [0, 0.05) is 34.0 Å². The fraction of sp³-hybridized carbons (Fsp3) is 0.188. The summed E-state index contributed by atoms with van der Waals surface area (Å²) in [6.45, 7) is 2.46. The Balaban J connectivity index is 1.65. The first kappa shape index (κ1) is 15.3. The van der Waals surface area contributed by atoms with Gasteiger partial charge in [0.05, 0.1) is 23.2 Å². The Morgan fingerprint density at radius 3 is 2.79 bits per heavy atom. The number of rotatable bonds is 2. The molecule has 1 amide bonds. The highest BCUT2D eigenvalue weighted by atomic mass is 79.9. The summed E-state index contributed by atoms with van der Waals surface area (Å²) in [7, 11) is 0. The second-order valence-corrected chi connectivity index (χ2v) is 7.23. The van der Waals surface area contributed by atoms with E-state index in [-0.39, 0.29) is 11.9 Å². The summed E-state index contributed by atoms with van der Waals surface area (Å²) in [5.41, 5.74) is 1.82. The van der Waals surface area contributed by atoms with E-state index in [9.17, 15) is 4.79 Å². The number of thiophene rings is 1. The predicted octanol–water partition coefficient (Wildman–Crippen LogP) is 3.47. The molecule has 0 aliphatic carbocycles. The summed E-state index contributed by atoms with van der Waals surface area (Å²) in [4.78, 5) is 32.5. The highest BCUT2D eigenvalue weighted by Crippen LogP contribution is 2.34. The summed E-state index contributed by atoms with van der Waals surface area (Å²) in [5, 5.41) is 1.91. The molecule has 1 unspecified atom stereocenters. The Morgan fingerprint density at radius 2 is 2.08 bits per heavy atom. The second kappa shape index (κ2) is 6.03. The van der Waals surface area contributed by atoms with Crippen LogP contribution in [-0.4, -0.2) is 30.7 Å². The van der Waals surface area contributed by atoms with E-state index in [4.69, 9.17) is 0 Å². The van der Waals surface area contributed by atoms with E-state index in [1.165, 1.54) is 11.3 Å². The lowest BCUT2D eigenvalue weighted by Crippen LogP contribution is -2.27. The van der Waals surface area contributed by atoms with Crippen LogP contribution in [0.25, 0.3) is 11.6 Å². The van der Waals surface area contributed by atoms with Gasteiger partial charge in [0.1, 0.15) is 0 Å². The second-order valence-electron chi connectivity index (χ2n) is 5.41. The van der Waals surface area contributed by atoms with Gasteiger partial charge < -0.3 is 4.90 Å². The summed E-state index contributed by atoms with van der Waals surface area (Å²) in [5.74, 6) is 0.975. The molecule has 4 heterocycles. The first-order valence-electron chi connectivity index (χ1n) is 7.31. The molecule has 0 N–H and O–H groups in total. The van der Waals surface area contributed by atoms with E-state index in [0.29, 0.717) is 23.1 Å². The minimum Gasteiger partial charge on any atom is -0.325 e. The number of halogens is 1. The number of hydrogen-bond acceptors (Lipinski definition) is 6. The van der Waals surface area contributed by atoms with E-state index in [1.54, 1.807) is 24.7 Å². The van der Waals surface area contributed by atoms with Gasteiger partial charge in [-0.2, -0.15) is 0 Å². The third kappa shape index (κ3) is 2.61. The molecule has 0 spiro atoms. The van der Waals surface area contributed by atoms with Gasteiger partial charge in [0.15, 0.2) is 11.6 Å². The Labute approximate surface area is 150 Å². The van der Waals surface area contributed by atoms with Crippen LogP contribution in [-0.2, 0) is 6.54 Å². The number of hydrogen-bond donors (Lipinski definition) is 0. The van der Waals surface area contributed by atoms with Crippen molar-refractivity contribution in [3.63, 3.8) is 0 Å². The molecule has 4 rings (SSSR count). The third-order valence-corrected chi connectivity index (χ3v) is 5.62. The highest BCUT2D eigenvalue weighted by Gasteiger charge is 2.33. The lowest BCUT2D eigenvalue weighted by molar-refractivity contribution is 0.0709. The molecule has 0 saturated heterocycles. The fourth-order valence-corrected chi connectivity index (χ4v) is 4.09.